The molecule has 22 heavy (non-hydrogen) atoms. The molecule has 3 rings (SSSR count). The number of nitrogens with zero attached hydrogens (tertiary/aromatic N) is 1. The fraction of sp³-hybridized carbons (Fsp3) is 0.357. The van der Waals surface area contributed by atoms with E-state index < -0.39 is 9.84 Å². The van der Waals surface area contributed by atoms with Crippen LogP contribution in [0, 0.1) is 0 Å². The van der Waals surface area contributed by atoms with Gasteiger partial charge in [0.25, 0.3) is 5.91 Å². The van der Waals surface area contributed by atoms with Crippen LogP contribution in [0.15, 0.2) is 44.0 Å². The fourth-order valence-corrected chi connectivity index (χ4v) is 4.61. The number of halogens is 1. The summed E-state index contributed by atoms with van der Waals surface area (Å²) in [7, 11) is -3.09. The molecule has 0 bridgehead atoms. The maximum absolute atomic E-state index is 12.6. The smallest absolute Gasteiger partial charge is 0.290 e. The molecule has 1 atom stereocenters. The molecular formula is C14H14BrNO5S. The first-order chi connectivity index (χ1) is 10.4. The lowest BCUT2D eigenvalue weighted by molar-refractivity contribution is 0.0632. The van der Waals surface area contributed by atoms with Crippen LogP contribution in [0.3, 0.4) is 0 Å². The second-order valence-electron chi connectivity index (χ2n) is 5.17. The van der Waals surface area contributed by atoms with Crippen LogP contribution >= 0.6 is 15.9 Å². The van der Waals surface area contributed by atoms with Crippen molar-refractivity contribution < 1.29 is 22.0 Å². The van der Waals surface area contributed by atoms with Crippen molar-refractivity contribution in [3.05, 3.63) is 46.7 Å². The predicted molar refractivity (Wildman–Crippen MR) is 82.0 cm³/mol. The SMILES string of the molecule is O=C(c1ccco1)N(Cc1ccc(Br)o1)C1CCS(=O)(=O)C1. The minimum atomic E-state index is -3.09. The number of hydrogen-bond donors (Lipinski definition) is 0. The highest BCUT2D eigenvalue weighted by Gasteiger charge is 2.36. The van der Waals surface area contributed by atoms with Gasteiger partial charge in [0.2, 0.25) is 0 Å². The number of hydrogen-bond acceptors (Lipinski definition) is 5. The molecule has 1 fully saturated rings. The van der Waals surface area contributed by atoms with Gasteiger partial charge in [0.15, 0.2) is 20.3 Å². The molecule has 2 aromatic heterocycles. The third-order valence-corrected chi connectivity index (χ3v) is 5.77. The van der Waals surface area contributed by atoms with Gasteiger partial charge in [-0.1, -0.05) is 0 Å². The third kappa shape index (κ3) is 3.27. The molecule has 1 unspecified atom stereocenters. The molecule has 2 aromatic rings. The van der Waals surface area contributed by atoms with Crippen LogP contribution in [0.4, 0.5) is 0 Å². The summed E-state index contributed by atoms with van der Waals surface area (Å²) in [6, 6.07) is 6.30. The van der Waals surface area contributed by atoms with Crippen molar-refractivity contribution in [2.24, 2.45) is 0 Å². The molecular weight excluding hydrogens is 374 g/mol. The Kier molecular flexibility index (Phi) is 4.14. The predicted octanol–water partition coefficient (Wildman–Crippen LogP) is 2.46. The number of furan rings is 2. The van der Waals surface area contributed by atoms with Gasteiger partial charge in [0.05, 0.1) is 24.3 Å². The molecule has 0 aromatic carbocycles. The van der Waals surface area contributed by atoms with Gasteiger partial charge < -0.3 is 13.7 Å². The van der Waals surface area contributed by atoms with Crippen LogP contribution in [-0.2, 0) is 16.4 Å². The molecule has 1 saturated heterocycles. The molecule has 0 spiro atoms. The van der Waals surface area contributed by atoms with E-state index in [0.717, 1.165) is 0 Å². The number of sulfone groups is 1. The zero-order valence-electron chi connectivity index (χ0n) is 11.6. The molecule has 0 saturated carbocycles. The van der Waals surface area contributed by atoms with Crippen LogP contribution in [0.5, 0.6) is 0 Å². The van der Waals surface area contributed by atoms with E-state index in [-0.39, 0.29) is 35.8 Å². The van der Waals surface area contributed by atoms with Gasteiger partial charge in [-0.25, -0.2) is 8.42 Å². The maximum atomic E-state index is 12.6. The average molecular weight is 388 g/mol. The summed E-state index contributed by atoms with van der Waals surface area (Å²) in [5.74, 6) is 0.508. The van der Waals surface area contributed by atoms with Gasteiger partial charge in [-0.2, -0.15) is 0 Å². The molecule has 1 aliphatic heterocycles. The number of amides is 1. The zero-order valence-corrected chi connectivity index (χ0v) is 14.0. The molecule has 1 aliphatic rings. The average Bonchev–Trinajstić information content (AvgIpc) is 3.17. The van der Waals surface area contributed by atoms with Crippen molar-refractivity contribution in [1.82, 2.24) is 4.90 Å². The maximum Gasteiger partial charge on any atom is 0.290 e. The van der Waals surface area contributed by atoms with Crippen molar-refractivity contribution in [2.45, 2.75) is 19.0 Å². The Hall–Kier alpha value is -1.54. The third-order valence-electron chi connectivity index (χ3n) is 3.60. The van der Waals surface area contributed by atoms with Crippen LogP contribution in [0.1, 0.15) is 22.7 Å². The standard InChI is InChI=1S/C14H14BrNO5S/c15-13-4-3-11(21-13)8-16(10-5-7-22(18,19)9-10)14(17)12-2-1-6-20-12/h1-4,6,10H,5,7-9H2. The quantitative estimate of drug-likeness (QED) is 0.804. The summed E-state index contributed by atoms with van der Waals surface area (Å²) in [6.45, 7) is 0.200. The zero-order chi connectivity index (χ0) is 15.7. The second kappa shape index (κ2) is 5.92. The van der Waals surface area contributed by atoms with E-state index in [4.69, 9.17) is 8.83 Å². The van der Waals surface area contributed by atoms with E-state index in [1.54, 1.807) is 24.3 Å². The minimum Gasteiger partial charge on any atom is -0.459 e. The van der Waals surface area contributed by atoms with Crippen LogP contribution in [0.2, 0.25) is 0 Å². The monoisotopic (exact) mass is 387 g/mol. The molecule has 0 N–H and O–H groups in total. The summed E-state index contributed by atoms with van der Waals surface area (Å²) in [5.41, 5.74) is 0. The summed E-state index contributed by atoms with van der Waals surface area (Å²) in [5, 5.41) is 0. The van der Waals surface area contributed by atoms with E-state index in [1.807, 2.05) is 0 Å². The Morgan fingerprint density at radius 1 is 1.36 bits per heavy atom. The van der Waals surface area contributed by atoms with E-state index >= 15 is 0 Å². The Balaban J connectivity index is 1.86. The van der Waals surface area contributed by atoms with Crippen molar-refractivity contribution in [2.75, 3.05) is 11.5 Å². The summed E-state index contributed by atoms with van der Waals surface area (Å²) < 4.78 is 34.6. The Morgan fingerprint density at radius 3 is 2.73 bits per heavy atom. The number of carbonyl (C=O) groups excluding carboxylic acids is 1. The van der Waals surface area contributed by atoms with Crippen molar-refractivity contribution in [1.29, 1.82) is 0 Å². The highest BCUT2D eigenvalue weighted by Crippen LogP contribution is 2.24. The van der Waals surface area contributed by atoms with E-state index in [1.165, 1.54) is 11.2 Å². The Bertz CT molecular complexity index is 765. The highest BCUT2D eigenvalue weighted by molar-refractivity contribution is 9.10. The number of carbonyl (C=O) groups is 1. The molecule has 118 valence electrons. The lowest BCUT2D eigenvalue weighted by Gasteiger charge is -2.26. The van der Waals surface area contributed by atoms with Crippen molar-refractivity contribution in [3.8, 4) is 0 Å². The van der Waals surface area contributed by atoms with Crippen LogP contribution < -0.4 is 0 Å². The van der Waals surface area contributed by atoms with E-state index in [0.29, 0.717) is 16.9 Å². The normalized spacial score (nSPS) is 20.1. The molecule has 3 heterocycles. The first-order valence-electron chi connectivity index (χ1n) is 6.74. The van der Waals surface area contributed by atoms with Gasteiger partial charge in [0, 0.05) is 6.04 Å². The van der Waals surface area contributed by atoms with Crippen molar-refractivity contribution in [3.63, 3.8) is 0 Å². The highest BCUT2D eigenvalue weighted by atomic mass is 79.9. The topological polar surface area (TPSA) is 80.7 Å². The van der Waals surface area contributed by atoms with Gasteiger partial charge in [-0.3, -0.25) is 4.79 Å². The van der Waals surface area contributed by atoms with Crippen LogP contribution in [-0.4, -0.2) is 36.8 Å². The Morgan fingerprint density at radius 2 is 2.18 bits per heavy atom. The molecule has 0 radical (unpaired) electrons. The first-order valence-corrected chi connectivity index (χ1v) is 9.35. The minimum absolute atomic E-state index is 0.0265. The number of rotatable bonds is 4. The summed E-state index contributed by atoms with van der Waals surface area (Å²) >= 11 is 3.21. The summed E-state index contributed by atoms with van der Waals surface area (Å²) in [6.07, 6.45) is 1.84. The van der Waals surface area contributed by atoms with Gasteiger partial charge in [0.1, 0.15) is 5.76 Å². The van der Waals surface area contributed by atoms with Gasteiger partial charge in [-0.05, 0) is 46.6 Å². The largest absolute Gasteiger partial charge is 0.459 e. The first kappa shape index (κ1) is 15.4. The van der Waals surface area contributed by atoms with Gasteiger partial charge >= 0.3 is 0 Å². The van der Waals surface area contributed by atoms with Gasteiger partial charge in [-0.15, -0.1) is 0 Å². The fourth-order valence-electron chi connectivity index (χ4n) is 2.53. The lowest BCUT2D eigenvalue weighted by atomic mass is 10.2. The molecule has 6 nitrogen and oxygen atoms in total. The van der Waals surface area contributed by atoms with E-state index in [2.05, 4.69) is 15.9 Å². The van der Waals surface area contributed by atoms with Crippen molar-refractivity contribution >= 4 is 31.7 Å². The summed E-state index contributed by atoms with van der Waals surface area (Å²) in [4.78, 5) is 14.1. The molecule has 8 heteroatoms. The molecule has 1 amide bonds. The molecule has 0 aliphatic carbocycles. The Labute approximate surface area is 136 Å². The second-order valence-corrected chi connectivity index (χ2v) is 8.18. The van der Waals surface area contributed by atoms with E-state index in [9.17, 15) is 13.2 Å². The van der Waals surface area contributed by atoms with Crippen LogP contribution in [0.25, 0.3) is 0 Å². The lowest BCUT2D eigenvalue weighted by Crippen LogP contribution is -2.40.